The Bertz CT molecular complexity index is 1000. The summed E-state index contributed by atoms with van der Waals surface area (Å²) in [4.78, 5) is -0.549. The fourth-order valence-corrected chi connectivity index (χ4v) is 4.96. The van der Waals surface area contributed by atoms with Crippen molar-refractivity contribution in [2.24, 2.45) is 0 Å². The van der Waals surface area contributed by atoms with Crippen LogP contribution in [0.25, 0.3) is 0 Å². The van der Waals surface area contributed by atoms with Gasteiger partial charge in [0.15, 0.2) is 0 Å². The molecule has 2 N–H and O–H groups in total. The molecule has 0 radical (unpaired) electrons. The first-order valence-electron chi connectivity index (χ1n) is 8.01. The molecule has 2 rings (SSSR count). The standard InChI is InChI=1S/C17H20F2N2O4S2/c1-12(2)21-26(22,23)11-14-6-4-3-5-13(14)10-20-27(24,25)17-8-15(18)7-16(19)9-17/h3-9,12,20-21H,10-11H2,1-2H3. The average Bonchev–Trinajstić information content (AvgIpc) is 2.51. The minimum atomic E-state index is -4.18. The molecule has 27 heavy (non-hydrogen) atoms. The number of benzene rings is 2. The van der Waals surface area contributed by atoms with Gasteiger partial charge in [-0.15, -0.1) is 0 Å². The molecule has 10 heteroatoms. The lowest BCUT2D eigenvalue weighted by molar-refractivity contribution is 0.561. The van der Waals surface area contributed by atoms with Crippen LogP contribution in [0.2, 0.25) is 0 Å². The molecule has 0 saturated carbocycles. The van der Waals surface area contributed by atoms with Crippen LogP contribution in [0.4, 0.5) is 8.78 Å². The molecule has 0 atom stereocenters. The van der Waals surface area contributed by atoms with E-state index in [9.17, 15) is 25.6 Å². The highest BCUT2D eigenvalue weighted by Gasteiger charge is 2.19. The maximum atomic E-state index is 13.3. The Morgan fingerprint density at radius 3 is 2.04 bits per heavy atom. The molecule has 0 aliphatic heterocycles. The van der Waals surface area contributed by atoms with Gasteiger partial charge in [0.05, 0.1) is 10.6 Å². The van der Waals surface area contributed by atoms with Crippen molar-refractivity contribution in [2.75, 3.05) is 0 Å². The predicted octanol–water partition coefficient (Wildman–Crippen LogP) is 2.27. The lowest BCUT2D eigenvalue weighted by Crippen LogP contribution is -2.32. The Balaban J connectivity index is 2.21. The van der Waals surface area contributed by atoms with E-state index >= 15 is 0 Å². The number of halogens is 2. The third-order valence-electron chi connectivity index (χ3n) is 3.48. The molecule has 0 spiro atoms. The number of sulfonamides is 2. The van der Waals surface area contributed by atoms with E-state index in [4.69, 9.17) is 0 Å². The first-order valence-corrected chi connectivity index (χ1v) is 11.1. The van der Waals surface area contributed by atoms with Gasteiger partial charge in [-0.05, 0) is 37.1 Å². The monoisotopic (exact) mass is 418 g/mol. The molecule has 0 heterocycles. The Labute approximate surface area is 157 Å². The van der Waals surface area contributed by atoms with Gasteiger partial charge in [0.25, 0.3) is 0 Å². The van der Waals surface area contributed by atoms with Crippen molar-refractivity contribution in [3.8, 4) is 0 Å². The molecule has 2 aromatic rings. The van der Waals surface area contributed by atoms with E-state index in [2.05, 4.69) is 9.44 Å². The first kappa shape index (κ1) is 21.4. The third kappa shape index (κ3) is 6.35. The normalized spacial score (nSPS) is 12.5. The summed E-state index contributed by atoms with van der Waals surface area (Å²) in [5, 5.41) is 0. The molecular weight excluding hydrogens is 398 g/mol. The lowest BCUT2D eigenvalue weighted by Gasteiger charge is -2.13. The van der Waals surface area contributed by atoms with Crippen LogP contribution in [-0.4, -0.2) is 22.9 Å². The van der Waals surface area contributed by atoms with Crippen molar-refractivity contribution < 1.29 is 25.6 Å². The Kier molecular flexibility index (Phi) is 6.68. The molecule has 0 amide bonds. The highest BCUT2D eigenvalue weighted by Crippen LogP contribution is 2.16. The lowest BCUT2D eigenvalue weighted by atomic mass is 10.1. The molecule has 0 unspecified atom stereocenters. The summed E-state index contributed by atoms with van der Waals surface area (Å²) >= 11 is 0. The van der Waals surface area contributed by atoms with Gasteiger partial charge in [-0.2, -0.15) is 0 Å². The SMILES string of the molecule is CC(C)NS(=O)(=O)Cc1ccccc1CNS(=O)(=O)c1cc(F)cc(F)c1. The van der Waals surface area contributed by atoms with E-state index in [-0.39, 0.29) is 18.3 Å². The van der Waals surface area contributed by atoms with Crippen molar-refractivity contribution in [1.29, 1.82) is 0 Å². The van der Waals surface area contributed by atoms with Crippen LogP contribution in [0, 0.1) is 11.6 Å². The minimum Gasteiger partial charge on any atom is -0.212 e. The van der Waals surface area contributed by atoms with Crippen molar-refractivity contribution in [3.63, 3.8) is 0 Å². The zero-order chi connectivity index (χ0) is 20.2. The van der Waals surface area contributed by atoms with E-state index in [1.54, 1.807) is 38.1 Å². The van der Waals surface area contributed by atoms with Crippen molar-refractivity contribution in [1.82, 2.24) is 9.44 Å². The molecule has 0 aliphatic carbocycles. The van der Waals surface area contributed by atoms with E-state index in [1.807, 2.05) is 0 Å². The van der Waals surface area contributed by atoms with E-state index in [0.717, 1.165) is 0 Å². The second-order valence-corrected chi connectivity index (χ2v) is 9.75. The number of nitrogens with one attached hydrogen (secondary N) is 2. The Morgan fingerprint density at radius 2 is 1.48 bits per heavy atom. The molecule has 2 aromatic carbocycles. The molecule has 0 aromatic heterocycles. The van der Waals surface area contributed by atoms with Gasteiger partial charge in [0.2, 0.25) is 20.0 Å². The molecular formula is C17H20F2N2O4S2. The van der Waals surface area contributed by atoms with Crippen molar-refractivity contribution in [2.45, 2.75) is 37.1 Å². The summed E-state index contributed by atoms with van der Waals surface area (Å²) in [7, 11) is -7.78. The number of rotatable bonds is 8. The molecule has 0 saturated heterocycles. The summed E-state index contributed by atoms with van der Waals surface area (Å²) in [5.41, 5.74) is 0.853. The van der Waals surface area contributed by atoms with E-state index < -0.39 is 36.6 Å². The predicted molar refractivity (Wildman–Crippen MR) is 97.7 cm³/mol. The van der Waals surface area contributed by atoms with Crippen LogP contribution in [0.15, 0.2) is 47.4 Å². The van der Waals surface area contributed by atoms with Crippen LogP contribution in [0.5, 0.6) is 0 Å². The fourth-order valence-electron chi connectivity index (χ4n) is 2.42. The maximum Gasteiger partial charge on any atom is 0.241 e. The van der Waals surface area contributed by atoms with Crippen molar-refractivity contribution in [3.05, 3.63) is 65.2 Å². The van der Waals surface area contributed by atoms with Crippen LogP contribution in [0.3, 0.4) is 0 Å². The topological polar surface area (TPSA) is 92.3 Å². The smallest absolute Gasteiger partial charge is 0.212 e. The summed E-state index contributed by atoms with van der Waals surface area (Å²) < 4.78 is 80.0. The Morgan fingerprint density at radius 1 is 0.926 bits per heavy atom. The summed E-state index contributed by atoms with van der Waals surface area (Å²) in [5.74, 6) is -2.35. The minimum absolute atomic E-state index is 0.228. The van der Waals surface area contributed by atoms with Gasteiger partial charge in [-0.3, -0.25) is 0 Å². The van der Waals surface area contributed by atoms with Crippen LogP contribution in [-0.2, 0) is 32.3 Å². The van der Waals surface area contributed by atoms with Gasteiger partial charge >= 0.3 is 0 Å². The molecule has 0 fully saturated rings. The molecule has 0 aliphatic rings. The second-order valence-electron chi connectivity index (χ2n) is 6.23. The number of hydrogen-bond acceptors (Lipinski definition) is 4. The third-order valence-corrected chi connectivity index (χ3v) is 6.38. The zero-order valence-electron chi connectivity index (χ0n) is 14.7. The maximum absolute atomic E-state index is 13.3. The van der Waals surface area contributed by atoms with Gasteiger partial charge < -0.3 is 0 Å². The van der Waals surface area contributed by atoms with Crippen LogP contribution < -0.4 is 9.44 Å². The summed E-state index contributed by atoms with van der Waals surface area (Å²) in [6.45, 7) is 3.15. The average molecular weight is 418 g/mol. The van der Waals surface area contributed by atoms with Gasteiger partial charge in [0.1, 0.15) is 11.6 Å². The quantitative estimate of drug-likeness (QED) is 0.688. The van der Waals surface area contributed by atoms with E-state index in [0.29, 0.717) is 29.3 Å². The summed E-state index contributed by atoms with van der Waals surface area (Å²) in [6, 6.07) is 8.13. The van der Waals surface area contributed by atoms with Gasteiger partial charge in [-0.1, -0.05) is 24.3 Å². The molecule has 148 valence electrons. The van der Waals surface area contributed by atoms with Crippen molar-refractivity contribution >= 4 is 20.0 Å². The molecule has 6 nitrogen and oxygen atoms in total. The van der Waals surface area contributed by atoms with Gasteiger partial charge in [-0.25, -0.2) is 35.1 Å². The second kappa shape index (κ2) is 8.42. The van der Waals surface area contributed by atoms with Crippen LogP contribution >= 0.6 is 0 Å². The number of hydrogen-bond donors (Lipinski definition) is 2. The van der Waals surface area contributed by atoms with Gasteiger partial charge in [0, 0.05) is 18.7 Å². The highest BCUT2D eigenvalue weighted by molar-refractivity contribution is 7.89. The molecule has 0 bridgehead atoms. The zero-order valence-corrected chi connectivity index (χ0v) is 16.4. The highest BCUT2D eigenvalue weighted by atomic mass is 32.2. The largest absolute Gasteiger partial charge is 0.241 e. The van der Waals surface area contributed by atoms with Crippen LogP contribution in [0.1, 0.15) is 25.0 Å². The summed E-state index contributed by atoms with van der Waals surface area (Å²) in [6.07, 6.45) is 0. The first-order chi connectivity index (χ1) is 12.5. The fraction of sp³-hybridized carbons (Fsp3) is 0.294. The van der Waals surface area contributed by atoms with E-state index in [1.165, 1.54) is 0 Å². The Hall–Kier alpha value is -1.88.